The molecular weight excluding hydrogens is 247 g/mol. The summed E-state index contributed by atoms with van der Waals surface area (Å²) in [5.41, 5.74) is 10.6. The van der Waals surface area contributed by atoms with Gasteiger partial charge in [0.15, 0.2) is 0 Å². The summed E-state index contributed by atoms with van der Waals surface area (Å²) in [6.45, 7) is 3.82. The molecule has 0 saturated heterocycles. The zero-order valence-corrected chi connectivity index (χ0v) is 11.1. The Morgan fingerprint density at radius 2 is 2.17 bits per heavy atom. The highest BCUT2D eigenvalue weighted by molar-refractivity contribution is 7.14. The van der Waals surface area contributed by atoms with Crippen molar-refractivity contribution in [2.45, 2.75) is 19.9 Å². The minimum atomic E-state index is -0.141. The average Bonchev–Trinajstić information content (AvgIpc) is 2.69. The highest BCUT2D eigenvalue weighted by Gasteiger charge is 2.19. The number of anilines is 2. The molecular formula is C14H15FN2S. The molecule has 2 nitrogen and oxygen atoms in total. The zero-order valence-electron chi connectivity index (χ0n) is 10.2. The molecule has 94 valence electrons. The quantitative estimate of drug-likeness (QED) is 0.854. The molecule has 0 saturated carbocycles. The van der Waals surface area contributed by atoms with Gasteiger partial charge in [-0.1, -0.05) is 6.07 Å². The molecule has 0 atom stereocenters. The predicted octanol–water partition coefficient (Wildman–Crippen LogP) is 3.34. The maximum atomic E-state index is 13.2. The molecule has 1 aromatic carbocycles. The summed E-state index contributed by atoms with van der Waals surface area (Å²) in [5.74, 6) is -0.141. The molecule has 0 unspecified atom stereocenters. The van der Waals surface area contributed by atoms with Gasteiger partial charge in [-0.25, -0.2) is 4.39 Å². The molecule has 1 aliphatic heterocycles. The summed E-state index contributed by atoms with van der Waals surface area (Å²) in [7, 11) is 0. The van der Waals surface area contributed by atoms with Gasteiger partial charge in [0.25, 0.3) is 0 Å². The summed E-state index contributed by atoms with van der Waals surface area (Å²) in [5, 5.41) is 2.99. The fourth-order valence-corrected chi connectivity index (χ4v) is 3.31. The number of rotatable bonds is 1. The van der Waals surface area contributed by atoms with Gasteiger partial charge in [-0.3, -0.25) is 0 Å². The summed E-state index contributed by atoms with van der Waals surface area (Å²) in [4.78, 5) is 2.32. The standard InChI is InChI=1S/C14H15FN2S/c1-9-13(8-18-14(9)16)17-5-4-10-6-12(15)3-2-11(10)7-17/h2-3,6,8H,4-5,7,16H2,1H3. The van der Waals surface area contributed by atoms with Crippen molar-refractivity contribution in [3.63, 3.8) is 0 Å². The Labute approximate surface area is 110 Å². The maximum absolute atomic E-state index is 13.2. The van der Waals surface area contributed by atoms with Crippen LogP contribution in [0.5, 0.6) is 0 Å². The molecule has 18 heavy (non-hydrogen) atoms. The Bertz CT molecular complexity index is 591. The predicted molar refractivity (Wildman–Crippen MR) is 74.6 cm³/mol. The van der Waals surface area contributed by atoms with Crippen molar-refractivity contribution >= 4 is 22.0 Å². The second kappa shape index (κ2) is 4.28. The number of nitrogen functional groups attached to an aromatic ring is 1. The van der Waals surface area contributed by atoms with Crippen LogP contribution in [0.3, 0.4) is 0 Å². The number of halogens is 1. The third kappa shape index (κ3) is 1.86. The lowest BCUT2D eigenvalue weighted by Gasteiger charge is -2.30. The molecule has 2 heterocycles. The number of fused-ring (bicyclic) bond motifs is 1. The van der Waals surface area contributed by atoms with Gasteiger partial charge in [-0.2, -0.15) is 0 Å². The van der Waals surface area contributed by atoms with Crippen molar-refractivity contribution < 1.29 is 4.39 Å². The molecule has 4 heteroatoms. The van der Waals surface area contributed by atoms with E-state index in [0.29, 0.717) is 0 Å². The van der Waals surface area contributed by atoms with E-state index in [4.69, 9.17) is 5.73 Å². The molecule has 0 aliphatic carbocycles. The molecule has 0 bridgehead atoms. The van der Waals surface area contributed by atoms with E-state index >= 15 is 0 Å². The van der Waals surface area contributed by atoms with Crippen molar-refractivity contribution in [1.29, 1.82) is 0 Å². The number of benzene rings is 1. The van der Waals surface area contributed by atoms with Gasteiger partial charge in [-0.05, 0) is 36.6 Å². The van der Waals surface area contributed by atoms with Crippen LogP contribution in [0.2, 0.25) is 0 Å². The number of hydrogen-bond donors (Lipinski definition) is 1. The van der Waals surface area contributed by atoms with Crippen LogP contribution in [-0.4, -0.2) is 6.54 Å². The van der Waals surface area contributed by atoms with Crippen LogP contribution in [0, 0.1) is 12.7 Å². The Hall–Kier alpha value is -1.55. The first kappa shape index (κ1) is 11.5. The van der Waals surface area contributed by atoms with E-state index < -0.39 is 0 Å². The first-order valence-corrected chi connectivity index (χ1v) is 6.89. The van der Waals surface area contributed by atoms with Gasteiger partial charge in [-0.15, -0.1) is 11.3 Å². The lowest BCUT2D eigenvalue weighted by Crippen LogP contribution is -2.30. The highest BCUT2D eigenvalue weighted by Crippen LogP contribution is 2.34. The third-order valence-electron chi connectivity index (χ3n) is 3.57. The molecule has 0 spiro atoms. The minimum absolute atomic E-state index is 0.141. The number of nitrogens with two attached hydrogens (primary N) is 1. The van der Waals surface area contributed by atoms with Crippen LogP contribution < -0.4 is 10.6 Å². The second-order valence-corrected chi connectivity index (χ2v) is 5.61. The Kier molecular flexibility index (Phi) is 2.74. The number of thiophene rings is 1. The molecule has 0 fully saturated rings. The molecule has 2 aromatic rings. The van der Waals surface area contributed by atoms with Gasteiger partial charge in [0, 0.05) is 24.0 Å². The van der Waals surface area contributed by atoms with Crippen LogP contribution >= 0.6 is 11.3 Å². The van der Waals surface area contributed by atoms with Crippen molar-refractivity contribution in [1.82, 2.24) is 0 Å². The van der Waals surface area contributed by atoms with E-state index in [1.807, 2.05) is 6.07 Å². The van der Waals surface area contributed by atoms with E-state index in [1.54, 1.807) is 17.4 Å². The Morgan fingerprint density at radius 3 is 2.89 bits per heavy atom. The molecule has 0 amide bonds. The average molecular weight is 262 g/mol. The van der Waals surface area contributed by atoms with Crippen molar-refractivity contribution in [2.75, 3.05) is 17.2 Å². The lowest BCUT2D eigenvalue weighted by atomic mass is 9.99. The summed E-state index contributed by atoms with van der Waals surface area (Å²) < 4.78 is 13.2. The van der Waals surface area contributed by atoms with Gasteiger partial charge >= 0.3 is 0 Å². The van der Waals surface area contributed by atoms with E-state index in [1.165, 1.54) is 17.3 Å². The van der Waals surface area contributed by atoms with Crippen LogP contribution in [0.15, 0.2) is 23.6 Å². The van der Waals surface area contributed by atoms with Crippen LogP contribution in [0.4, 0.5) is 15.1 Å². The molecule has 1 aliphatic rings. The fourth-order valence-electron chi connectivity index (χ4n) is 2.46. The first-order valence-electron chi connectivity index (χ1n) is 6.01. The minimum Gasteiger partial charge on any atom is -0.390 e. The van der Waals surface area contributed by atoms with Gasteiger partial charge in [0.2, 0.25) is 0 Å². The largest absolute Gasteiger partial charge is 0.390 e. The maximum Gasteiger partial charge on any atom is 0.123 e. The summed E-state index contributed by atoms with van der Waals surface area (Å²) >= 11 is 1.58. The second-order valence-electron chi connectivity index (χ2n) is 4.69. The monoisotopic (exact) mass is 262 g/mol. The number of nitrogens with zero attached hydrogens (tertiary/aromatic N) is 1. The summed E-state index contributed by atoms with van der Waals surface area (Å²) in [6.07, 6.45) is 0.891. The van der Waals surface area contributed by atoms with Crippen LogP contribution in [0.1, 0.15) is 16.7 Å². The van der Waals surface area contributed by atoms with Crippen LogP contribution in [-0.2, 0) is 13.0 Å². The van der Waals surface area contributed by atoms with E-state index in [2.05, 4.69) is 17.2 Å². The van der Waals surface area contributed by atoms with E-state index in [-0.39, 0.29) is 5.82 Å². The van der Waals surface area contributed by atoms with Gasteiger partial charge < -0.3 is 10.6 Å². The molecule has 2 N–H and O–H groups in total. The fraction of sp³-hybridized carbons (Fsp3) is 0.286. The van der Waals surface area contributed by atoms with Crippen molar-refractivity contribution in [3.8, 4) is 0 Å². The smallest absolute Gasteiger partial charge is 0.123 e. The molecule has 1 aromatic heterocycles. The Morgan fingerprint density at radius 1 is 1.33 bits per heavy atom. The normalized spacial score (nSPS) is 14.7. The van der Waals surface area contributed by atoms with Crippen molar-refractivity contribution in [2.24, 2.45) is 0 Å². The van der Waals surface area contributed by atoms with Gasteiger partial charge in [0.05, 0.1) is 10.7 Å². The zero-order chi connectivity index (χ0) is 12.7. The van der Waals surface area contributed by atoms with Gasteiger partial charge in [0.1, 0.15) is 5.82 Å². The third-order valence-corrected chi connectivity index (χ3v) is 4.47. The van der Waals surface area contributed by atoms with E-state index in [0.717, 1.165) is 35.6 Å². The SMILES string of the molecule is Cc1c(N2CCc3cc(F)ccc3C2)csc1N. The summed E-state index contributed by atoms with van der Waals surface area (Å²) in [6, 6.07) is 5.08. The Balaban J connectivity index is 1.91. The highest BCUT2D eigenvalue weighted by atomic mass is 32.1. The number of hydrogen-bond acceptors (Lipinski definition) is 3. The molecule has 0 radical (unpaired) electrons. The topological polar surface area (TPSA) is 29.3 Å². The van der Waals surface area contributed by atoms with Crippen molar-refractivity contribution in [3.05, 3.63) is 46.1 Å². The first-order chi connectivity index (χ1) is 8.65. The van der Waals surface area contributed by atoms with E-state index in [9.17, 15) is 4.39 Å². The van der Waals surface area contributed by atoms with Crippen LogP contribution in [0.25, 0.3) is 0 Å². The lowest BCUT2D eigenvalue weighted by molar-refractivity contribution is 0.619. The molecule has 3 rings (SSSR count).